The number of rotatable bonds is 4. The third-order valence-corrected chi connectivity index (χ3v) is 4.43. The molecule has 1 unspecified atom stereocenters. The van der Waals surface area contributed by atoms with Gasteiger partial charge in [0, 0.05) is 13.1 Å². The number of nitrogens with one attached hydrogen (secondary N) is 1. The largest absolute Gasteiger partial charge is 0.395 e. The van der Waals surface area contributed by atoms with Gasteiger partial charge in [-0.3, -0.25) is 9.48 Å². The first-order valence-electron chi connectivity index (χ1n) is 7.66. The normalized spacial score (nSPS) is 17.9. The number of nitrogens with two attached hydrogens (primary N) is 1. The molecule has 1 atom stereocenters. The Morgan fingerprint density at radius 1 is 1.45 bits per heavy atom. The van der Waals surface area contributed by atoms with E-state index >= 15 is 0 Å². The third-order valence-electron chi connectivity index (χ3n) is 4.43. The van der Waals surface area contributed by atoms with Gasteiger partial charge in [0.25, 0.3) is 5.91 Å². The summed E-state index contributed by atoms with van der Waals surface area (Å²) in [6.45, 7) is 4.09. The molecule has 0 aromatic carbocycles. The SMILES string of the molecule is CCc1nn(C)c(C(=O)NC(C)C2CCCCC2)c1N. The molecule has 1 aromatic heterocycles. The Balaban J connectivity index is 2.06. The van der Waals surface area contributed by atoms with Crippen LogP contribution in [-0.2, 0) is 13.5 Å². The van der Waals surface area contributed by atoms with Crippen LogP contribution in [0.3, 0.4) is 0 Å². The number of nitrogens with zero attached hydrogens (tertiary/aromatic N) is 2. The molecule has 1 aromatic rings. The topological polar surface area (TPSA) is 72.9 Å². The Labute approximate surface area is 120 Å². The van der Waals surface area contributed by atoms with Crippen LogP contribution in [0.15, 0.2) is 0 Å². The van der Waals surface area contributed by atoms with Crippen molar-refractivity contribution in [3.63, 3.8) is 0 Å². The number of anilines is 1. The van der Waals surface area contributed by atoms with E-state index in [2.05, 4.69) is 17.3 Å². The molecule has 0 radical (unpaired) electrons. The van der Waals surface area contributed by atoms with Crippen molar-refractivity contribution in [3.8, 4) is 0 Å². The lowest BCUT2D eigenvalue weighted by atomic mass is 9.84. The molecule has 0 spiro atoms. The third kappa shape index (κ3) is 2.97. The fourth-order valence-electron chi connectivity index (χ4n) is 3.15. The van der Waals surface area contributed by atoms with Gasteiger partial charge in [-0.25, -0.2) is 0 Å². The van der Waals surface area contributed by atoms with E-state index in [0.29, 0.717) is 17.3 Å². The average Bonchev–Trinajstić information content (AvgIpc) is 2.74. The summed E-state index contributed by atoms with van der Waals surface area (Å²) in [6.07, 6.45) is 7.04. The molecule has 1 fully saturated rings. The van der Waals surface area contributed by atoms with Crippen molar-refractivity contribution in [2.75, 3.05) is 5.73 Å². The van der Waals surface area contributed by atoms with Crippen molar-refractivity contribution < 1.29 is 4.79 Å². The fourth-order valence-corrected chi connectivity index (χ4v) is 3.15. The van der Waals surface area contributed by atoms with Crippen molar-refractivity contribution in [1.82, 2.24) is 15.1 Å². The summed E-state index contributed by atoms with van der Waals surface area (Å²) in [5.74, 6) is 0.489. The Kier molecular flexibility index (Phi) is 4.68. The minimum absolute atomic E-state index is 0.102. The van der Waals surface area contributed by atoms with Crippen LogP contribution in [-0.4, -0.2) is 21.7 Å². The highest BCUT2D eigenvalue weighted by molar-refractivity contribution is 5.98. The van der Waals surface area contributed by atoms with Crippen LogP contribution in [0.1, 0.15) is 62.1 Å². The molecule has 0 bridgehead atoms. The number of hydrogen-bond acceptors (Lipinski definition) is 3. The summed E-state index contributed by atoms with van der Waals surface area (Å²) in [7, 11) is 1.77. The van der Waals surface area contributed by atoms with Gasteiger partial charge < -0.3 is 11.1 Å². The summed E-state index contributed by atoms with van der Waals surface area (Å²) >= 11 is 0. The summed E-state index contributed by atoms with van der Waals surface area (Å²) in [5.41, 5.74) is 7.83. The van der Waals surface area contributed by atoms with Gasteiger partial charge in [0.2, 0.25) is 0 Å². The van der Waals surface area contributed by atoms with E-state index in [9.17, 15) is 4.79 Å². The average molecular weight is 278 g/mol. The van der Waals surface area contributed by atoms with Crippen LogP contribution in [0.4, 0.5) is 5.69 Å². The minimum Gasteiger partial charge on any atom is -0.395 e. The first-order chi connectivity index (χ1) is 9.54. The maximum atomic E-state index is 12.4. The molecule has 3 N–H and O–H groups in total. The summed E-state index contributed by atoms with van der Waals surface area (Å²) < 4.78 is 1.59. The van der Waals surface area contributed by atoms with Crippen molar-refractivity contribution in [2.24, 2.45) is 13.0 Å². The number of hydrogen-bond donors (Lipinski definition) is 2. The smallest absolute Gasteiger partial charge is 0.271 e. The second kappa shape index (κ2) is 6.29. The van der Waals surface area contributed by atoms with E-state index in [-0.39, 0.29) is 11.9 Å². The predicted octanol–water partition coefficient (Wildman–Crippen LogP) is 2.26. The van der Waals surface area contributed by atoms with Crippen LogP contribution >= 0.6 is 0 Å². The van der Waals surface area contributed by atoms with E-state index in [0.717, 1.165) is 12.1 Å². The van der Waals surface area contributed by atoms with Gasteiger partial charge in [-0.1, -0.05) is 26.2 Å². The van der Waals surface area contributed by atoms with Crippen molar-refractivity contribution in [1.29, 1.82) is 0 Å². The Morgan fingerprint density at radius 3 is 2.65 bits per heavy atom. The summed E-state index contributed by atoms with van der Waals surface area (Å²) in [6, 6.07) is 0.196. The number of carbonyl (C=O) groups excluding carboxylic acids is 1. The van der Waals surface area contributed by atoms with E-state index in [1.54, 1.807) is 11.7 Å². The minimum atomic E-state index is -0.102. The second-order valence-electron chi connectivity index (χ2n) is 5.85. The molecule has 1 amide bonds. The van der Waals surface area contributed by atoms with Gasteiger partial charge in [-0.15, -0.1) is 0 Å². The van der Waals surface area contributed by atoms with E-state index < -0.39 is 0 Å². The molecular formula is C15H26N4O. The molecule has 5 heteroatoms. The highest BCUT2D eigenvalue weighted by atomic mass is 16.2. The van der Waals surface area contributed by atoms with Gasteiger partial charge >= 0.3 is 0 Å². The van der Waals surface area contributed by atoms with Gasteiger partial charge in [-0.05, 0) is 32.1 Å². The van der Waals surface area contributed by atoms with Crippen molar-refractivity contribution >= 4 is 11.6 Å². The molecule has 1 aliphatic carbocycles. The number of amides is 1. The summed E-state index contributed by atoms with van der Waals surface area (Å²) in [5, 5.41) is 7.41. The number of nitrogen functional groups attached to an aromatic ring is 1. The molecule has 1 aliphatic rings. The maximum absolute atomic E-state index is 12.4. The quantitative estimate of drug-likeness (QED) is 0.887. The number of aromatic nitrogens is 2. The highest BCUT2D eigenvalue weighted by Crippen LogP contribution is 2.26. The van der Waals surface area contributed by atoms with Crippen LogP contribution < -0.4 is 11.1 Å². The first kappa shape index (κ1) is 14.9. The Bertz CT molecular complexity index is 474. The van der Waals surface area contributed by atoms with Gasteiger partial charge in [0.1, 0.15) is 5.69 Å². The van der Waals surface area contributed by atoms with E-state index in [4.69, 9.17) is 5.73 Å². The molecule has 2 rings (SSSR count). The van der Waals surface area contributed by atoms with Crippen LogP contribution in [0.2, 0.25) is 0 Å². The molecule has 0 aliphatic heterocycles. The zero-order valence-corrected chi connectivity index (χ0v) is 12.8. The van der Waals surface area contributed by atoms with Gasteiger partial charge in [0.15, 0.2) is 0 Å². The Hall–Kier alpha value is -1.52. The predicted molar refractivity (Wildman–Crippen MR) is 80.5 cm³/mol. The molecule has 1 heterocycles. The molecule has 1 saturated carbocycles. The number of aryl methyl sites for hydroxylation is 2. The lowest BCUT2D eigenvalue weighted by Crippen LogP contribution is -2.39. The Morgan fingerprint density at radius 2 is 2.10 bits per heavy atom. The summed E-state index contributed by atoms with van der Waals surface area (Å²) in [4.78, 5) is 12.4. The van der Waals surface area contributed by atoms with Crippen molar-refractivity contribution in [2.45, 2.75) is 58.4 Å². The molecule has 0 saturated heterocycles. The van der Waals surface area contributed by atoms with E-state index in [1.165, 1.54) is 32.1 Å². The van der Waals surface area contributed by atoms with Crippen LogP contribution in [0.25, 0.3) is 0 Å². The second-order valence-corrected chi connectivity index (χ2v) is 5.85. The standard InChI is InChI=1S/C15H26N4O/c1-4-12-13(16)14(19(3)18-12)15(20)17-10(2)11-8-6-5-7-9-11/h10-11H,4-9,16H2,1-3H3,(H,17,20). The lowest BCUT2D eigenvalue weighted by Gasteiger charge is -2.28. The molecular weight excluding hydrogens is 252 g/mol. The maximum Gasteiger partial charge on any atom is 0.271 e. The highest BCUT2D eigenvalue weighted by Gasteiger charge is 2.25. The lowest BCUT2D eigenvalue weighted by molar-refractivity contribution is 0.0910. The fraction of sp³-hybridized carbons (Fsp3) is 0.733. The molecule has 5 nitrogen and oxygen atoms in total. The van der Waals surface area contributed by atoms with Gasteiger partial charge in [-0.2, -0.15) is 5.10 Å². The monoisotopic (exact) mass is 278 g/mol. The zero-order chi connectivity index (χ0) is 14.7. The van der Waals surface area contributed by atoms with Crippen molar-refractivity contribution in [3.05, 3.63) is 11.4 Å². The first-order valence-corrected chi connectivity index (χ1v) is 7.66. The van der Waals surface area contributed by atoms with Gasteiger partial charge in [0.05, 0.1) is 11.4 Å². The zero-order valence-electron chi connectivity index (χ0n) is 12.8. The van der Waals surface area contributed by atoms with E-state index in [1.807, 2.05) is 6.92 Å². The number of carbonyl (C=O) groups is 1. The van der Waals surface area contributed by atoms with Crippen LogP contribution in [0.5, 0.6) is 0 Å². The van der Waals surface area contributed by atoms with Crippen LogP contribution in [0, 0.1) is 5.92 Å². The molecule has 20 heavy (non-hydrogen) atoms. The molecule has 112 valence electrons.